The van der Waals surface area contributed by atoms with Crippen LogP contribution in [0.1, 0.15) is 55.7 Å². The third kappa shape index (κ3) is 5.52. The zero-order valence-electron chi connectivity index (χ0n) is 22.2. The fraction of sp³-hybridized carbons (Fsp3) is 0.333. The maximum absolute atomic E-state index is 13.5. The Morgan fingerprint density at radius 3 is 2.26 bits per heavy atom. The topological polar surface area (TPSA) is 58.6 Å². The van der Waals surface area contributed by atoms with Crippen molar-refractivity contribution < 1.29 is 14.3 Å². The van der Waals surface area contributed by atoms with E-state index in [-0.39, 0.29) is 36.9 Å². The summed E-state index contributed by atoms with van der Waals surface area (Å²) in [5.41, 5.74) is 5.85. The first kappa shape index (κ1) is 25.8. The molecule has 3 unspecified atom stereocenters. The highest BCUT2D eigenvalue weighted by molar-refractivity contribution is 5.80. The van der Waals surface area contributed by atoms with Crippen LogP contribution in [0.4, 0.5) is 4.79 Å². The molecule has 0 saturated heterocycles. The van der Waals surface area contributed by atoms with Gasteiger partial charge in [-0.25, -0.2) is 4.79 Å². The lowest BCUT2D eigenvalue weighted by Crippen LogP contribution is -2.47. The first-order chi connectivity index (χ1) is 18.5. The minimum Gasteiger partial charge on any atom is -0.449 e. The number of ether oxygens (including phenoxy) is 1. The van der Waals surface area contributed by atoms with Crippen LogP contribution in [0.2, 0.25) is 0 Å². The van der Waals surface area contributed by atoms with Crippen molar-refractivity contribution in [2.75, 3.05) is 6.61 Å². The molecule has 3 aromatic rings. The van der Waals surface area contributed by atoms with Crippen molar-refractivity contribution in [3.8, 4) is 11.1 Å². The smallest absolute Gasteiger partial charge is 0.407 e. The number of carbonyl (C=O) groups is 2. The molecule has 0 radical (unpaired) electrons. The fourth-order valence-electron chi connectivity index (χ4n) is 5.69. The van der Waals surface area contributed by atoms with E-state index < -0.39 is 6.09 Å². The molecule has 0 saturated carbocycles. The van der Waals surface area contributed by atoms with Gasteiger partial charge in [0.1, 0.15) is 6.61 Å². The monoisotopic (exact) mass is 508 g/mol. The quantitative estimate of drug-likeness (QED) is 0.362. The van der Waals surface area contributed by atoms with Crippen LogP contribution in [0.15, 0.2) is 91.0 Å². The van der Waals surface area contributed by atoms with Crippen LogP contribution in [0.5, 0.6) is 0 Å². The number of nitrogens with one attached hydrogen (secondary N) is 1. The molecule has 0 spiro atoms. The van der Waals surface area contributed by atoms with E-state index in [1.165, 1.54) is 22.3 Å². The zero-order valence-corrected chi connectivity index (χ0v) is 22.2. The molecular formula is C33H36N2O3. The van der Waals surface area contributed by atoms with Crippen LogP contribution >= 0.6 is 0 Å². The van der Waals surface area contributed by atoms with E-state index in [1.807, 2.05) is 47.4 Å². The van der Waals surface area contributed by atoms with Crippen molar-refractivity contribution in [2.45, 2.75) is 57.7 Å². The molecule has 1 N–H and O–H groups in total. The van der Waals surface area contributed by atoms with Crippen molar-refractivity contribution in [2.24, 2.45) is 5.92 Å². The lowest BCUT2D eigenvalue weighted by Gasteiger charge is -2.36. The largest absolute Gasteiger partial charge is 0.449 e. The number of nitrogens with zero attached hydrogens (tertiary/aromatic N) is 1. The summed E-state index contributed by atoms with van der Waals surface area (Å²) in [6.07, 6.45) is 5.59. The molecule has 3 atom stereocenters. The van der Waals surface area contributed by atoms with E-state index in [2.05, 4.69) is 67.7 Å². The van der Waals surface area contributed by atoms with Crippen LogP contribution in [0, 0.1) is 5.92 Å². The Morgan fingerprint density at radius 2 is 1.61 bits per heavy atom. The van der Waals surface area contributed by atoms with Crippen LogP contribution in [0.3, 0.4) is 0 Å². The number of hydrogen-bond donors (Lipinski definition) is 1. The Hall–Kier alpha value is -3.86. The van der Waals surface area contributed by atoms with Crippen molar-refractivity contribution in [1.29, 1.82) is 0 Å². The molecule has 2 aliphatic rings. The van der Waals surface area contributed by atoms with E-state index in [9.17, 15) is 9.59 Å². The van der Waals surface area contributed by atoms with Gasteiger partial charge in [0.2, 0.25) is 5.91 Å². The first-order valence-electron chi connectivity index (χ1n) is 13.7. The Balaban J connectivity index is 1.25. The Kier molecular flexibility index (Phi) is 7.92. The molecule has 5 nitrogen and oxygen atoms in total. The molecule has 3 aromatic carbocycles. The number of carbonyl (C=O) groups excluding carboxylic acids is 2. The maximum atomic E-state index is 13.5. The SMILES string of the molecule is CCC(C)C1/C=C\CC(NC(=O)OCC2c3ccccc3-c3ccccc32)CC(=O)N1Cc1ccccc1. The molecule has 1 heterocycles. The highest BCUT2D eigenvalue weighted by Gasteiger charge is 2.31. The molecular weight excluding hydrogens is 472 g/mol. The number of rotatable bonds is 7. The summed E-state index contributed by atoms with van der Waals surface area (Å²) in [6, 6.07) is 26.4. The second-order valence-electron chi connectivity index (χ2n) is 10.4. The summed E-state index contributed by atoms with van der Waals surface area (Å²) < 4.78 is 5.75. The molecule has 5 rings (SSSR count). The number of amides is 2. The second kappa shape index (κ2) is 11.7. The van der Waals surface area contributed by atoms with Crippen molar-refractivity contribution >= 4 is 12.0 Å². The van der Waals surface area contributed by atoms with Gasteiger partial charge >= 0.3 is 6.09 Å². The molecule has 38 heavy (non-hydrogen) atoms. The number of alkyl carbamates (subject to hydrolysis) is 1. The molecule has 0 aromatic heterocycles. The van der Waals surface area contributed by atoms with Crippen molar-refractivity contribution in [1.82, 2.24) is 10.2 Å². The van der Waals surface area contributed by atoms with Crippen LogP contribution in [-0.4, -0.2) is 35.6 Å². The normalized spacial score (nSPS) is 20.6. The van der Waals surface area contributed by atoms with Gasteiger partial charge in [0, 0.05) is 24.9 Å². The molecule has 2 amide bonds. The summed E-state index contributed by atoms with van der Waals surface area (Å²) in [4.78, 5) is 28.4. The minimum absolute atomic E-state index is 0.00432. The standard InChI is InChI=1S/C33H36N2O3/c1-3-23(2)31-19-11-14-25(20-32(36)35(31)21-24-12-5-4-6-13-24)34-33(37)38-22-30-28-17-9-7-15-26(28)27-16-8-10-18-29(27)30/h4-13,15-19,23,25,30-31H,3,14,20-22H2,1-2H3,(H,34,37)/b19-11-. The number of benzene rings is 3. The lowest BCUT2D eigenvalue weighted by molar-refractivity contribution is -0.135. The zero-order chi connectivity index (χ0) is 26.5. The third-order valence-electron chi connectivity index (χ3n) is 7.94. The Labute approximate surface area is 225 Å². The van der Waals surface area contributed by atoms with Gasteiger partial charge in [0.05, 0.1) is 6.04 Å². The molecule has 1 aliphatic carbocycles. The highest BCUT2D eigenvalue weighted by atomic mass is 16.5. The average molecular weight is 509 g/mol. The Bertz CT molecular complexity index is 1260. The lowest BCUT2D eigenvalue weighted by atomic mass is 9.93. The first-order valence-corrected chi connectivity index (χ1v) is 13.7. The Morgan fingerprint density at radius 1 is 0.974 bits per heavy atom. The molecule has 0 bridgehead atoms. The fourth-order valence-corrected chi connectivity index (χ4v) is 5.69. The van der Waals surface area contributed by atoms with Gasteiger partial charge in [0.15, 0.2) is 0 Å². The van der Waals surface area contributed by atoms with Gasteiger partial charge in [0.25, 0.3) is 0 Å². The average Bonchev–Trinajstić information content (AvgIpc) is 3.26. The minimum atomic E-state index is -0.480. The third-order valence-corrected chi connectivity index (χ3v) is 7.94. The van der Waals surface area contributed by atoms with E-state index in [4.69, 9.17) is 4.74 Å². The van der Waals surface area contributed by atoms with Crippen LogP contribution in [0.25, 0.3) is 11.1 Å². The van der Waals surface area contributed by atoms with E-state index in [0.29, 0.717) is 18.9 Å². The van der Waals surface area contributed by atoms with E-state index in [0.717, 1.165) is 12.0 Å². The maximum Gasteiger partial charge on any atom is 0.407 e. The van der Waals surface area contributed by atoms with Gasteiger partial charge in [-0.05, 0) is 40.2 Å². The van der Waals surface area contributed by atoms with Gasteiger partial charge in [-0.1, -0.05) is 111 Å². The summed E-state index contributed by atoms with van der Waals surface area (Å²) in [5.74, 6) is 0.391. The summed E-state index contributed by atoms with van der Waals surface area (Å²) in [6.45, 7) is 5.15. The number of fused-ring (bicyclic) bond motifs is 3. The van der Waals surface area contributed by atoms with Gasteiger partial charge in [-0.3, -0.25) is 4.79 Å². The molecule has 1 aliphatic heterocycles. The molecule has 196 valence electrons. The van der Waals surface area contributed by atoms with Crippen molar-refractivity contribution in [3.63, 3.8) is 0 Å². The second-order valence-corrected chi connectivity index (χ2v) is 10.4. The van der Waals surface area contributed by atoms with Gasteiger partial charge in [-0.15, -0.1) is 0 Å². The number of hydrogen-bond acceptors (Lipinski definition) is 3. The predicted octanol–water partition coefficient (Wildman–Crippen LogP) is 6.69. The molecule has 5 heteroatoms. The van der Waals surface area contributed by atoms with Crippen LogP contribution in [-0.2, 0) is 16.1 Å². The van der Waals surface area contributed by atoms with E-state index in [1.54, 1.807) is 0 Å². The van der Waals surface area contributed by atoms with Crippen LogP contribution < -0.4 is 5.32 Å². The summed E-state index contributed by atoms with van der Waals surface area (Å²) in [5, 5.41) is 2.97. The molecule has 0 fully saturated rings. The predicted molar refractivity (Wildman–Crippen MR) is 151 cm³/mol. The van der Waals surface area contributed by atoms with Crippen molar-refractivity contribution in [3.05, 3.63) is 108 Å². The highest BCUT2D eigenvalue weighted by Crippen LogP contribution is 2.44. The summed E-state index contributed by atoms with van der Waals surface area (Å²) >= 11 is 0. The summed E-state index contributed by atoms with van der Waals surface area (Å²) in [7, 11) is 0. The van der Waals surface area contributed by atoms with E-state index >= 15 is 0 Å². The van der Waals surface area contributed by atoms with Gasteiger partial charge in [-0.2, -0.15) is 0 Å². The van der Waals surface area contributed by atoms with Gasteiger partial charge < -0.3 is 15.0 Å².